The quantitative estimate of drug-likeness (QED) is 0.388. The molecule has 0 fully saturated rings. The van der Waals surface area contributed by atoms with E-state index in [2.05, 4.69) is 11.5 Å². The zero-order valence-corrected chi connectivity index (χ0v) is 3.83. The van der Waals surface area contributed by atoms with Crippen molar-refractivity contribution in [2.24, 2.45) is 0 Å². The number of rotatable bonds is 2. The molecule has 0 radical (unpaired) electrons. The van der Waals surface area contributed by atoms with Crippen LogP contribution in [0.25, 0.3) is 0 Å². The normalized spacial score (nSPS) is 7.67. The van der Waals surface area contributed by atoms with E-state index < -0.39 is 0 Å². The summed E-state index contributed by atoms with van der Waals surface area (Å²) in [6, 6.07) is 0. The predicted octanol–water partition coefficient (Wildman–Crippen LogP) is 1.64. The number of hydrogen-bond acceptors (Lipinski definition) is 1. The largest absolute Gasteiger partial charge is 0.298 e. The molecule has 0 amide bonds. The lowest BCUT2D eigenvalue weighted by atomic mass is 10.7. The first-order valence-corrected chi connectivity index (χ1v) is 1.87. The van der Waals surface area contributed by atoms with Crippen LogP contribution in [0.4, 0.5) is 4.53 Å². The van der Waals surface area contributed by atoms with Crippen LogP contribution in [0.15, 0.2) is 12.3 Å². The molecule has 36 valence electrons. The third kappa shape index (κ3) is 2.03. The van der Waals surface area contributed by atoms with Gasteiger partial charge in [0.2, 0.25) is 0 Å². The minimum Gasteiger partial charge on any atom is -0.298 e. The molecule has 0 aromatic carbocycles. The summed E-state index contributed by atoms with van der Waals surface area (Å²) < 4.78 is 10.7. The number of halogens is 2. The summed E-state index contributed by atoms with van der Waals surface area (Å²) in [7, 11) is 0. The van der Waals surface area contributed by atoms with Gasteiger partial charge in [-0.2, -0.15) is 0 Å². The second kappa shape index (κ2) is 2.97. The van der Waals surface area contributed by atoms with E-state index in [1.54, 1.807) is 0 Å². The Balaban J connectivity index is 2.99. The van der Waals surface area contributed by atoms with Crippen LogP contribution >= 0.6 is 11.6 Å². The predicted molar refractivity (Wildman–Crippen MR) is 22.1 cm³/mol. The van der Waals surface area contributed by atoms with E-state index in [0.29, 0.717) is 0 Å². The van der Waals surface area contributed by atoms with Gasteiger partial charge in [-0.3, -0.25) is 4.94 Å². The minimum atomic E-state index is -0.0586. The van der Waals surface area contributed by atoms with Crippen molar-refractivity contribution >= 4 is 11.6 Å². The van der Waals surface area contributed by atoms with Gasteiger partial charge in [0.1, 0.15) is 0 Å². The van der Waals surface area contributed by atoms with Crippen molar-refractivity contribution in [2.45, 2.75) is 0 Å². The third-order valence-electron chi connectivity index (χ3n) is 0.258. The highest BCUT2D eigenvalue weighted by molar-refractivity contribution is 6.19. The van der Waals surface area contributed by atoms with Gasteiger partial charge in [-0.25, -0.2) is 0 Å². The van der Waals surface area contributed by atoms with Crippen molar-refractivity contribution in [3.05, 3.63) is 12.3 Å². The van der Waals surface area contributed by atoms with Crippen LogP contribution in [0, 0.1) is 0 Å². The average molecular weight is 111 g/mol. The fourth-order valence-corrected chi connectivity index (χ4v) is 0.0619. The van der Waals surface area contributed by atoms with Gasteiger partial charge < -0.3 is 0 Å². The molecular formula is C3H4ClFO. The SMILES string of the molecule is C=C(CCl)OF. The van der Waals surface area contributed by atoms with Gasteiger partial charge in [0.05, 0.1) is 5.88 Å². The number of hydrogen-bond donors (Lipinski definition) is 0. The molecule has 0 atom stereocenters. The number of allylic oxidation sites excluding steroid dienone is 1. The first-order chi connectivity index (χ1) is 2.81. The van der Waals surface area contributed by atoms with Crippen molar-refractivity contribution in [3.63, 3.8) is 0 Å². The van der Waals surface area contributed by atoms with Crippen LogP contribution < -0.4 is 0 Å². The van der Waals surface area contributed by atoms with Gasteiger partial charge >= 0.3 is 0 Å². The molecule has 0 aliphatic carbocycles. The Kier molecular flexibility index (Phi) is 2.85. The fourth-order valence-electron chi connectivity index (χ4n) is 0.0206. The second-order valence-electron chi connectivity index (χ2n) is 0.749. The molecule has 0 aliphatic heterocycles. The highest BCUT2D eigenvalue weighted by Gasteiger charge is 1.85. The van der Waals surface area contributed by atoms with E-state index in [0.717, 1.165) is 0 Å². The summed E-state index contributed by atoms with van der Waals surface area (Å²) in [6.45, 7) is 3.06. The highest BCUT2D eigenvalue weighted by atomic mass is 35.5. The summed E-state index contributed by atoms with van der Waals surface area (Å²) in [6.07, 6.45) is 0. The Morgan fingerprint density at radius 2 is 2.50 bits per heavy atom. The average Bonchev–Trinajstić information content (AvgIpc) is 1.65. The fraction of sp³-hybridized carbons (Fsp3) is 0.333. The lowest BCUT2D eigenvalue weighted by Crippen LogP contribution is -1.77. The number of alkyl halides is 1. The molecule has 0 N–H and O–H groups in total. The summed E-state index contributed by atoms with van der Waals surface area (Å²) in [5.41, 5.74) is 0. The minimum absolute atomic E-state index is 0.0104. The first kappa shape index (κ1) is 5.76. The van der Waals surface area contributed by atoms with Crippen molar-refractivity contribution in [3.8, 4) is 0 Å². The van der Waals surface area contributed by atoms with Gasteiger partial charge in [-0.1, -0.05) is 6.58 Å². The Morgan fingerprint density at radius 3 is 2.50 bits per heavy atom. The van der Waals surface area contributed by atoms with Crippen LogP contribution in [-0.4, -0.2) is 5.88 Å². The molecule has 0 saturated carbocycles. The maximum atomic E-state index is 10.7. The van der Waals surface area contributed by atoms with Crippen LogP contribution in [0.1, 0.15) is 0 Å². The molecule has 0 aromatic heterocycles. The molecule has 1 nitrogen and oxygen atoms in total. The zero-order chi connectivity index (χ0) is 4.99. The van der Waals surface area contributed by atoms with E-state index in [1.807, 2.05) is 0 Å². The van der Waals surface area contributed by atoms with E-state index >= 15 is 0 Å². The zero-order valence-electron chi connectivity index (χ0n) is 3.08. The maximum absolute atomic E-state index is 10.7. The Morgan fingerprint density at radius 1 is 2.00 bits per heavy atom. The van der Waals surface area contributed by atoms with Crippen molar-refractivity contribution in [1.29, 1.82) is 0 Å². The van der Waals surface area contributed by atoms with E-state index in [1.165, 1.54) is 0 Å². The molecule has 0 rings (SSSR count). The van der Waals surface area contributed by atoms with Crippen molar-refractivity contribution in [1.82, 2.24) is 0 Å². The monoisotopic (exact) mass is 110 g/mol. The summed E-state index contributed by atoms with van der Waals surface area (Å²) in [4.78, 5) is 3.07. The van der Waals surface area contributed by atoms with Gasteiger partial charge in [0.25, 0.3) is 0 Å². The van der Waals surface area contributed by atoms with E-state index in [4.69, 9.17) is 11.6 Å². The van der Waals surface area contributed by atoms with Crippen LogP contribution in [-0.2, 0) is 4.94 Å². The van der Waals surface area contributed by atoms with Crippen LogP contribution in [0.2, 0.25) is 0 Å². The van der Waals surface area contributed by atoms with E-state index in [9.17, 15) is 4.53 Å². The molecular weight excluding hydrogens is 106 g/mol. The van der Waals surface area contributed by atoms with Gasteiger partial charge in [0.15, 0.2) is 5.76 Å². The van der Waals surface area contributed by atoms with Crippen molar-refractivity contribution < 1.29 is 9.47 Å². The molecule has 0 bridgehead atoms. The topological polar surface area (TPSA) is 9.23 Å². The molecule has 0 unspecified atom stereocenters. The molecule has 0 spiro atoms. The lowest BCUT2D eigenvalue weighted by molar-refractivity contribution is -0.0805. The molecule has 0 aliphatic rings. The molecule has 3 heteroatoms. The maximum Gasteiger partial charge on any atom is 0.156 e. The molecule has 0 aromatic rings. The summed E-state index contributed by atoms with van der Waals surface area (Å²) in [5, 5.41) is 0. The third-order valence-corrected chi connectivity index (χ3v) is 0.556. The lowest BCUT2D eigenvalue weighted by Gasteiger charge is -1.85. The molecule has 0 heterocycles. The molecule has 6 heavy (non-hydrogen) atoms. The van der Waals surface area contributed by atoms with Crippen LogP contribution in [0.5, 0.6) is 0 Å². The van der Waals surface area contributed by atoms with E-state index in [-0.39, 0.29) is 11.6 Å². The Hall–Kier alpha value is -0.240. The van der Waals surface area contributed by atoms with Gasteiger partial charge in [-0.15, -0.1) is 11.6 Å². The smallest absolute Gasteiger partial charge is 0.156 e. The standard InChI is InChI=1S/C3H4ClFO/c1-3(2-4)6-5/h1-2H2. The van der Waals surface area contributed by atoms with Gasteiger partial charge in [0, 0.05) is 4.53 Å². The highest BCUT2D eigenvalue weighted by Crippen LogP contribution is 1.94. The van der Waals surface area contributed by atoms with Crippen molar-refractivity contribution in [2.75, 3.05) is 5.88 Å². The second-order valence-corrected chi connectivity index (χ2v) is 1.02. The summed E-state index contributed by atoms with van der Waals surface area (Å²) in [5.74, 6) is -0.0482. The van der Waals surface area contributed by atoms with Gasteiger partial charge in [-0.05, 0) is 0 Å². The van der Waals surface area contributed by atoms with Crippen LogP contribution in [0.3, 0.4) is 0 Å². The molecule has 0 saturated heterocycles. The summed E-state index contributed by atoms with van der Waals surface area (Å²) >= 11 is 4.99. The first-order valence-electron chi connectivity index (χ1n) is 1.33. The Labute approximate surface area is 40.3 Å². The Bertz CT molecular complexity index is 48.8.